The zero-order valence-corrected chi connectivity index (χ0v) is 15.0. The van der Waals surface area contributed by atoms with Crippen molar-refractivity contribution in [1.29, 1.82) is 0 Å². The molecule has 0 unspecified atom stereocenters. The molecule has 0 aromatic carbocycles. The van der Waals surface area contributed by atoms with Gasteiger partial charge < -0.3 is 20.0 Å². The maximum Gasteiger partial charge on any atom is 0.352 e. The summed E-state index contributed by atoms with van der Waals surface area (Å²) < 4.78 is 0. The molecule has 134 valence electrons. The molecule has 0 radical (unpaired) electrons. The second-order valence-electron chi connectivity index (χ2n) is 6.61. The Hall–Kier alpha value is -2.19. The molecule has 2 aliphatic heterocycles. The lowest BCUT2D eigenvalue weighted by atomic mass is 9.83. The number of β-lactam (4-membered cyclic amide) rings is 1. The Morgan fingerprint density at radius 3 is 2.64 bits per heavy atom. The van der Waals surface area contributed by atoms with Crippen LogP contribution in [0.3, 0.4) is 0 Å². The number of amides is 2. The number of rotatable bonds is 5. The number of carbonyl (C=O) groups excluding carboxylic acids is 2. The van der Waals surface area contributed by atoms with Gasteiger partial charge in [0.05, 0.1) is 24.5 Å². The largest absolute Gasteiger partial charge is 0.477 e. The first-order valence-electron chi connectivity index (χ1n) is 7.99. The smallest absolute Gasteiger partial charge is 0.352 e. The van der Waals surface area contributed by atoms with Crippen molar-refractivity contribution >= 4 is 34.7 Å². The van der Waals surface area contributed by atoms with Crippen molar-refractivity contribution < 1.29 is 24.6 Å². The first kappa shape index (κ1) is 17.6. The molecule has 1 aromatic rings. The van der Waals surface area contributed by atoms with Crippen LogP contribution < -0.4 is 0 Å². The molecule has 1 saturated heterocycles. The van der Waals surface area contributed by atoms with Crippen molar-refractivity contribution in [3.63, 3.8) is 0 Å². The summed E-state index contributed by atoms with van der Waals surface area (Å²) in [5, 5.41) is 19.3. The second kappa shape index (κ2) is 6.27. The number of carbonyl (C=O) groups is 3. The third kappa shape index (κ3) is 2.85. The lowest BCUT2D eigenvalue weighted by Crippen LogP contribution is -2.61. The van der Waals surface area contributed by atoms with Crippen LogP contribution in [0, 0.1) is 5.92 Å². The first-order chi connectivity index (χ1) is 11.7. The number of thiophene rings is 1. The van der Waals surface area contributed by atoms with Crippen molar-refractivity contribution in [1.82, 2.24) is 9.80 Å². The van der Waals surface area contributed by atoms with Gasteiger partial charge in [-0.2, -0.15) is 0 Å². The fourth-order valence-electron chi connectivity index (χ4n) is 3.43. The minimum atomic E-state index is -1.14. The van der Waals surface area contributed by atoms with E-state index in [1.54, 1.807) is 27.1 Å². The highest BCUT2D eigenvalue weighted by Gasteiger charge is 2.56. The summed E-state index contributed by atoms with van der Waals surface area (Å²) in [7, 11) is 3.37. The topological polar surface area (TPSA) is 98.1 Å². The Morgan fingerprint density at radius 1 is 1.40 bits per heavy atom. The summed E-state index contributed by atoms with van der Waals surface area (Å²) in [6.07, 6.45) is -0.139. The Kier molecular flexibility index (Phi) is 4.42. The van der Waals surface area contributed by atoms with Crippen LogP contribution in [0.15, 0.2) is 17.8 Å². The Bertz CT molecular complexity index is 780. The zero-order valence-electron chi connectivity index (χ0n) is 14.2. The van der Waals surface area contributed by atoms with E-state index in [1.807, 2.05) is 6.07 Å². The van der Waals surface area contributed by atoms with E-state index in [9.17, 15) is 24.6 Å². The van der Waals surface area contributed by atoms with Crippen molar-refractivity contribution in [2.45, 2.75) is 31.9 Å². The van der Waals surface area contributed by atoms with Gasteiger partial charge in [-0.15, -0.1) is 11.3 Å². The van der Waals surface area contributed by atoms with Gasteiger partial charge in [-0.3, -0.25) is 9.59 Å². The molecule has 2 N–H and O–H groups in total. The lowest BCUT2D eigenvalue weighted by Gasteiger charge is -2.44. The molecule has 1 aromatic heterocycles. The first-order valence-corrected chi connectivity index (χ1v) is 8.80. The minimum absolute atomic E-state index is 0.000707. The molecule has 7 nitrogen and oxygen atoms in total. The van der Waals surface area contributed by atoms with Gasteiger partial charge in [0.15, 0.2) is 0 Å². The third-order valence-electron chi connectivity index (χ3n) is 4.71. The monoisotopic (exact) mass is 364 g/mol. The van der Waals surface area contributed by atoms with Gasteiger partial charge in [0.1, 0.15) is 5.70 Å². The maximum absolute atomic E-state index is 12.2. The van der Waals surface area contributed by atoms with Crippen LogP contribution >= 0.6 is 11.3 Å². The van der Waals surface area contributed by atoms with Crippen molar-refractivity contribution in [2.75, 3.05) is 14.1 Å². The SMILES string of the molecule is C[C@@H](O)[C@H]1C(=O)N2C(C(=O)O)=C(c3ccc(CC(=O)N(C)C)s3)C[C@H]12. The number of carboxylic acids is 1. The van der Waals surface area contributed by atoms with E-state index < -0.39 is 18.0 Å². The van der Waals surface area contributed by atoms with Gasteiger partial charge in [0.2, 0.25) is 11.8 Å². The number of aliphatic carboxylic acids is 1. The summed E-state index contributed by atoms with van der Waals surface area (Å²) in [5.74, 6) is -2.07. The van der Waals surface area contributed by atoms with E-state index in [0.29, 0.717) is 12.0 Å². The number of aliphatic hydroxyl groups excluding tert-OH is 1. The highest BCUT2D eigenvalue weighted by Crippen LogP contribution is 2.48. The van der Waals surface area contributed by atoms with Gasteiger partial charge >= 0.3 is 5.97 Å². The third-order valence-corrected chi connectivity index (χ3v) is 5.86. The quantitative estimate of drug-likeness (QED) is 0.753. The molecule has 1 fully saturated rings. The van der Waals surface area contributed by atoms with E-state index in [-0.39, 0.29) is 30.0 Å². The van der Waals surface area contributed by atoms with Crippen molar-refractivity contribution in [3.05, 3.63) is 27.6 Å². The van der Waals surface area contributed by atoms with Crippen molar-refractivity contribution in [3.8, 4) is 0 Å². The Labute approximate surface area is 149 Å². The summed E-state index contributed by atoms with van der Waals surface area (Å²) >= 11 is 1.37. The number of hydrogen-bond donors (Lipinski definition) is 2. The minimum Gasteiger partial charge on any atom is -0.477 e. The van der Waals surface area contributed by atoms with Gasteiger partial charge in [-0.1, -0.05) is 0 Å². The molecule has 8 heteroatoms. The Morgan fingerprint density at radius 2 is 2.08 bits per heavy atom. The molecular formula is C17H20N2O5S. The van der Waals surface area contributed by atoms with Crippen LogP contribution in [0.25, 0.3) is 5.57 Å². The predicted molar refractivity (Wildman–Crippen MR) is 91.7 cm³/mol. The highest BCUT2D eigenvalue weighted by atomic mass is 32.1. The van der Waals surface area contributed by atoms with Crippen LogP contribution in [0.5, 0.6) is 0 Å². The van der Waals surface area contributed by atoms with E-state index in [1.165, 1.54) is 21.1 Å². The van der Waals surface area contributed by atoms with Crippen LogP contribution in [0.4, 0.5) is 0 Å². The predicted octanol–water partition coefficient (Wildman–Crippen LogP) is 0.786. The molecule has 2 aliphatic rings. The van der Waals surface area contributed by atoms with Gasteiger partial charge in [-0.25, -0.2) is 4.79 Å². The van der Waals surface area contributed by atoms with E-state index in [2.05, 4.69) is 0 Å². The highest BCUT2D eigenvalue weighted by molar-refractivity contribution is 7.13. The molecule has 0 saturated carbocycles. The average Bonchev–Trinajstić information content (AvgIpc) is 3.08. The number of hydrogen-bond acceptors (Lipinski definition) is 5. The number of likely N-dealkylation sites (N-methyl/N-ethyl adjacent to an activating group) is 1. The average molecular weight is 364 g/mol. The number of nitrogens with zero attached hydrogens (tertiary/aromatic N) is 2. The molecule has 0 aliphatic carbocycles. The Balaban J connectivity index is 1.89. The van der Waals surface area contributed by atoms with E-state index >= 15 is 0 Å². The molecule has 0 spiro atoms. The summed E-state index contributed by atoms with van der Waals surface area (Å²) in [5.41, 5.74) is 0.599. The number of fused-ring (bicyclic) bond motifs is 1. The van der Waals surface area contributed by atoms with Crippen LogP contribution in [0.2, 0.25) is 0 Å². The van der Waals surface area contributed by atoms with Crippen LogP contribution in [0.1, 0.15) is 23.1 Å². The lowest BCUT2D eigenvalue weighted by molar-refractivity contribution is -0.161. The number of carboxylic acid groups (broad SMARTS) is 1. The van der Waals surface area contributed by atoms with Gasteiger partial charge in [0.25, 0.3) is 0 Å². The summed E-state index contributed by atoms with van der Waals surface area (Å²) in [4.78, 5) is 40.2. The molecular weight excluding hydrogens is 344 g/mol. The molecule has 2 amide bonds. The standard InChI is InChI=1S/C17H20N2O5S/c1-8(20)14-11-7-10(15(17(23)24)19(11)16(14)22)12-5-4-9(25-12)6-13(21)18(2)3/h4-5,8,11,14,20H,6-7H2,1-3H3,(H,23,24)/t8-,11-,14-/m1/s1. The normalized spacial score (nSPS) is 23.4. The summed E-state index contributed by atoms with van der Waals surface area (Å²) in [6.45, 7) is 1.55. The molecule has 3 rings (SSSR count). The number of aliphatic hydroxyl groups is 1. The zero-order chi connectivity index (χ0) is 18.5. The molecule has 3 atom stereocenters. The van der Waals surface area contributed by atoms with Crippen LogP contribution in [-0.2, 0) is 20.8 Å². The molecule has 25 heavy (non-hydrogen) atoms. The fraction of sp³-hybridized carbons (Fsp3) is 0.471. The maximum atomic E-state index is 12.2. The van der Waals surface area contributed by atoms with E-state index in [0.717, 1.165) is 9.75 Å². The van der Waals surface area contributed by atoms with E-state index in [4.69, 9.17) is 0 Å². The molecule has 3 heterocycles. The summed E-state index contributed by atoms with van der Waals surface area (Å²) in [6, 6.07) is 3.31. The van der Waals surface area contributed by atoms with Crippen LogP contribution in [-0.4, -0.2) is 64.0 Å². The molecule has 0 bridgehead atoms. The van der Waals surface area contributed by atoms with Gasteiger partial charge in [0, 0.05) is 29.4 Å². The van der Waals surface area contributed by atoms with Crippen molar-refractivity contribution in [2.24, 2.45) is 5.92 Å². The second-order valence-corrected chi connectivity index (χ2v) is 7.78. The van der Waals surface area contributed by atoms with Gasteiger partial charge in [-0.05, 0) is 25.5 Å². The fourth-order valence-corrected chi connectivity index (χ4v) is 4.49.